The molecule has 0 radical (unpaired) electrons. The predicted octanol–water partition coefficient (Wildman–Crippen LogP) is 2.07. The molecular weight excluding hydrogens is 212 g/mol. The van der Waals surface area contributed by atoms with Gasteiger partial charge in [-0.3, -0.25) is 4.90 Å². The number of allylic oxidation sites excluding steroid dienone is 3. The Morgan fingerprint density at radius 3 is 2.76 bits per heavy atom. The molecule has 96 valence electrons. The summed E-state index contributed by atoms with van der Waals surface area (Å²) in [6, 6.07) is 0. The first-order valence-corrected chi connectivity index (χ1v) is 6.08. The first-order valence-electron chi connectivity index (χ1n) is 6.08. The van der Waals surface area contributed by atoms with Gasteiger partial charge in [0.25, 0.3) is 0 Å². The van der Waals surface area contributed by atoms with Crippen LogP contribution in [0.3, 0.4) is 0 Å². The van der Waals surface area contributed by atoms with Gasteiger partial charge in [-0.2, -0.15) is 0 Å². The van der Waals surface area contributed by atoms with Crippen LogP contribution in [0.2, 0.25) is 0 Å². The maximum Gasteiger partial charge on any atom is 0.0645 e. The van der Waals surface area contributed by atoms with E-state index >= 15 is 0 Å². The van der Waals surface area contributed by atoms with Crippen molar-refractivity contribution >= 4 is 0 Å². The fraction of sp³-hybridized carbons (Fsp3) is 0.571. The molecule has 2 N–H and O–H groups in total. The zero-order valence-corrected chi connectivity index (χ0v) is 11.2. The molecule has 0 bridgehead atoms. The maximum absolute atomic E-state index is 6.00. The summed E-state index contributed by atoms with van der Waals surface area (Å²) >= 11 is 0. The summed E-state index contributed by atoms with van der Waals surface area (Å²) in [4.78, 5) is 2.40. The standard InChI is InChI=1S/C14H24N2O/c1-5-7-12(13(15)6-2)10-16-8-9-17-11-14(16,3)4/h5-7H,1,8-11,15H2,2-4H3/b12-7-,13-6+. The number of nitrogens with zero attached hydrogens (tertiary/aromatic N) is 1. The van der Waals surface area contributed by atoms with E-state index in [0.717, 1.165) is 37.6 Å². The Labute approximate surface area is 105 Å². The van der Waals surface area contributed by atoms with Gasteiger partial charge in [0, 0.05) is 24.3 Å². The minimum absolute atomic E-state index is 0.0620. The van der Waals surface area contributed by atoms with Crippen LogP contribution in [-0.4, -0.2) is 36.7 Å². The Balaban J connectivity index is 2.79. The minimum atomic E-state index is 0.0620. The van der Waals surface area contributed by atoms with Gasteiger partial charge >= 0.3 is 0 Å². The molecule has 0 saturated carbocycles. The van der Waals surface area contributed by atoms with Crippen molar-refractivity contribution in [3.05, 3.63) is 36.1 Å². The van der Waals surface area contributed by atoms with Gasteiger partial charge in [0.2, 0.25) is 0 Å². The Bertz CT molecular complexity index is 329. The molecule has 17 heavy (non-hydrogen) atoms. The molecule has 0 aromatic heterocycles. The van der Waals surface area contributed by atoms with Crippen LogP contribution in [0, 0.1) is 0 Å². The summed E-state index contributed by atoms with van der Waals surface area (Å²) in [6.07, 6.45) is 5.71. The molecule has 0 atom stereocenters. The lowest BCUT2D eigenvalue weighted by Crippen LogP contribution is -2.53. The average molecular weight is 236 g/mol. The largest absolute Gasteiger partial charge is 0.399 e. The molecule has 1 aliphatic rings. The van der Waals surface area contributed by atoms with Crippen LogP contribution in [0.15, 0.2) is 36.1 Å². The monoisotopic (exact) mass is 236 g/mol. The van der Waals surface area contributed by atoms with E-state index in [9.17, 15) is 0 Å². The molecule has 1 aliphatic heterocycles. The second-order valence-corrected chi connectivity index (χ2v) is 4.96. The Hall–Kier alpha value is -1.06. The fourth-order valence-corrected chi connectivity index (χ4v) is 1.96. The molecule has 1 rings (SSSR count). The number of hydrogen-bond donors (Lipinski definition) is 1. The van der Waals surface area contributed by atoms with Crippen molar-refractivity contribution in [2.24, 2.45) is 5.73 Å². The third kappa shape index (κ3) is 3.72. The molecule has 0 aliphatic carbocycles. The van der Waals surface area contributed by atoms with Crippen LogP contribution < -0.4 is 5.73 Å². The molecule has 1 fully saturated rings. The van der Waals surface area contributed by atoms with Crippen molar-refractivity contribution in [3.8, 4) is 0 Å². The summed E-state index contributed by atoms with van der Waals surface area (Å²) in [5, 5.41) is 0. The third-order valence-corrected chi connectivity index (χ3v) is 3.18. The van der Waals surface area contributed by atoms with E-state index < -0.39 is 0 Å². The van der Waals surface area contributed by atoms with E-state index in [1.807, 2.05) is 19.1 Å². The van der Waals surface area contributed by atoms with E-state index in [-0.39, 0.29) is 5.54 Å². The Kier molecular flexibility index (Phi) is 4.97. The highest BCUT2D eigenvalue weighted by Crippen LogP contribution is 2.21. The molecule has 0 spiro atoms. The number of hydrogen-bond acceptors (Lipinski definition) is 3. The second kappa shape index (κ2) is 6.03. The molecule has 0 aromatic rings. The van der Waals surface area contributed by atoms with E-state index in [0.29, 0.717) is 0 Å². The first-order chi connectivity index (χ1) is 8.01. The van der Waals surface area contributed by atoms with E-state index in [4.69, 9.17) is 10.5 Å². The summed E-state index contributed by atoms with van der Waals surface area (Å²) in [5.74, 6) is 0. The van der Waals surface area contributed by atoms with Crippen LogP contribution in [-0.2, 0) is 4.74 Å². The maximum atomic E-state index is 6.00. The third-order valence-electron chi connectivity index (χ3n) is 3.18. The summed E-state index contributed by atoms with van der Waals surface area (Å²) < 4.78 is 5.52. The van der Waals surface area contributed by atoms with Crippen molar-refractivity contribution < 1.29 is 4.74 Å². The number of nitrogens with two attached hydrogens (primary N) is 1. The smallest absolute Gasteiger partial charge is 0.0645 e. The van der Waals surface area contributed by atoms with Gasteiger partial charge in [-0.05, 0) is 26.3 Å². The van der Waals surface area contributed by atoms with Crippen LogP contribution >= 0.6 is 0 Å². The average Bonchev–Trinajstić information content (AvgIpc) is 2.29. The van der Waals surface area contributed by atoms with Gasteiger partial charge in [0.1, 0.15) is 0 Å². The topological polar surface area (TPSA) is 38.5 Å². The summed E-state index contributed by atoms with van der Waals surface area (Å²) in [5.41, 5.74) is 8.01. The van der Waals surface area contributed by atoms with Crippen molar-refractivity contribution in [1.29, 1.82) is 0 Å². The van der Waals surface area contributed by atoms with E-state index in [2.05, 4.69) is 25.3 Å². The molecule has 1 heterocycles. The second-order valence-electron chi connectivity index (χ2n) is 4.96. The SMILES string of the molecule is C=C/C=C(CN1CCOCC1(C)C)\C(N)=C/C. The van der Waals surface area contributed by atoms with E-state index in [1.54, 1.807) is 6.08 Å². The van der Waals surface area contributed by atoms with Gasteiger partial charge in [-0.1, -0.05) is 24.8 Å². The highest BCUT2D eigenvalue weighted by molar-refractivity contribution is 5.32. The molecule has 3 heteroatoms. The molecule has 1 saturated heterocycles. The van der Waals surface area contributed by atoms with Crippen molar-refractivity contribution in [2.75, 3.05) is 26.3 Å². The van der Waals surface area contributed by atoms with Gasteiger partial charge < -0.3 is 10.5 Å². The number of ether oxygens (including phenoxy) is 1. The molecule has 3 nitrogen and oxygen atoms in total. The first kappa shape index (κ1) is 14.0. The van der Waals surface area contributed by atoms with Gasteiger partial charge in [-0.15, -0.1) is 0 Å². The predicted molar refractivity (Wildman–Crippen MR) is 72.7 cm³/mol. The molecule has 0 amide bonds. The highest BCUT2D eigenvalue weighted by Gasteiger charge is 2.30. The molecule has 0 unspecified atom stereocenters. The van der Waals surface area contributed by atoms with Crippen LogP contribution in [0.5, 0.6) is 0 Å². The number of rotatable bonds is 4. The summed E-state index contributed by atoms with van der Waals surface area (Å²) in [6.45, 7) is 13.4. The van der Waals surface area contributed by atoms with Crippen LogP contribution in [0.25, 0.3) is 0 Å². The lowest BCUT2D eigenvalue weighted by Gasteiger charge is -2.42. The zero-order chi connectivity index (χ0) is 12.9. The van der Waals surface area contributed by atoms with Gasteiger partial charge in [0.15, 0.2) is 0 Å². The van der Waals surface area contributed by atoms with Crippen LogP contribution in [0.4, 0.5) is 0 Å². The zero-order valence-electron chi connectivity index (χ0n) is 11.2. The lowest BCUT2D eigenvalue weighted by molar-refractivity contribution is -0.0460. The van der Waals surface area contributed by atoms with Crippen molar-refractivity contribution in [2.45, 2.75) is 26.3 Å². The van der Waals surface area contributed by atoms with Crippen molar-refractivity contribution in [3.63, 3.8) is 0 Å². The highest BCUT2D eigenvalue weighted by atomic mass is 16.5. The lowest BCUT2D eigenvalue weighted by atomic mass is 10.0. The Morgan fingerprint density at radius 2 is 2.24 bits per heavy atom. The van der Waals surface area contributed by atoms with Gasteiger partial charge in [-0.25, -0.2) is 0 Å². The van der Waals surface area contributed by atoms with Gasteiger partial charge in [0.05, 0.1) is 13.2 Å². The van der Waals surface area contributed by atoms with E-state index in [1.165, 1.54) is 0 Å². The number of morpholine rings is 1. The Morgan fingerprint density at radius 1 is 1.53 bits per heavy atom. The normalized spacial score (nSPS) is 22.5. The van der Waals surface area contributed by atoms with Crippen LogP contribution in [0.1, 0.15) is 20.8 Å². The molecular formula is C14H24N2O. The molecule has 0 aromatic carbocycles. The minimum Gasteiger partial charge on any atom is -0.399 e. The van der Waals surface area contributed by atoms with Crippen molar-refractivity contribution in [1.82, 2.24) is 4.90 Å². The quantitative estimate of drug-likeness (QED) is 0.759. The summed E-state index contributed by atoms with van der Waals surface area (Å²) in [7, 11) is 0. The fourth-order valence-electron chi connectivity index (χ4n) is 1.96.